The van der Waals surface area contributed by atoms with Crippen LogP contribution in [0.5, 0.6) is 0 Å². The molecule has 0 aliphatic heterocycles. The van der Waals surface area contributed by atoms with Crippen LogP contribution >= 0.6 is 27.5 Å². The second-order valence-corrected chi connectivity index (χ2v) is 3.36. The lowest BCUT2D eigenvalue weighted by atomic mass is 10.2. The Kier molecular flexibility index (Phi) is 3.33. The van der Waals surface area contributed by atoms with Crippen LogP contribution in [0.3, 0.4) is 0 Å². The molecule has 1 nitrogen and oxygen atoms in total. The molecular formula is C9H5BrClN. The first-order valence-corrected chi connectivity index (χ1v) is 4.43. The number of halogens is 2. The highest BCUT2D eigenvalue weighted by molar-refractivity contribution is 9.10. The molecule has 0 aliphatic rings. The number of nitriles is 1. The van der Waals surface area contributed by atoms with Gasteiger partial charge in [0.2, 0.25) is 0 Å². The average molecular weight is 243 g/mol. The Morgan fingerprint density at radius 2 is 2.17 bits per heavy atom. The number of hydrogen-bond donors (Lipinski definition) is 0. The van der Waals surface area contributed by atoms with E-state index in [1.807, 2.05) is 30.3 Å². The minimum Gasteiger partial charge on any atom is -0.193 e. The molecule has 0 spiro atoms. The first kappa shape index (κ1) is 9.31. The summed E-state index contributed by atoms with van der Waals surface area (Å²) in [7, 11) is 0. The second kappa shape index (κ2) is 4.30. The molecule has 1 rings (SSSR count). The summed E-state index contributed by atoms with van der Waals surface area (Å²) in [4.78, 5) is 0. The van der Waals surface area contributed by atoms with Gasteiger partial charge in [-0.1, -0.05) is 45.7 Å². The van der Waals surface area contributed by atoms with Gasteiger partial charge in [-0.25, -0.2) is 0 Å². The molecule has 3 heteroatoms. The molecule has 0 heterocycles. The summed E-state index contributed by atoms with van der Waals surface area (Å²) in [5.74, 6) is 0. The van der Waals surface area contributed by atoms with Gasteiger partial charge in [0.1, 0.15) is 0 Å². The summed E-state index contributed by atoms with van der Waals surface area (Å²) in [5, 5.41) is 8.81. The van der Waals surface area contributed by atoms with Gasteiger partial charge in [0.15, 0.2) is 0 Å². The first-order chi connectivity index (χ1) is 5.75. The molecule has 0 unspecified atom stereocenters. The van der Waals surface area contributed by atoms with Gasteiger partial charge in [0.05, 0.1) is 11.1 Å². The van der Waals surface area contributed by atoms with E-state index in [1.54, 1.807) is 0 Å². The maximum Gasteiger partial charge on any atom is 0.0927 e. The van der Waals surface area contributed by atoms with Gasteiger partial charge in [0, 0.05) is 16.1 Å². The third kappa shape index (κ3) is 2.10. The zero-order valence-corrected chi connectivity index (χ0v) is 8.43. The van der Waals surface area contributed by atoms with Gasteiger partial charge < -0.3 is 0 Å². The molecule has 0 radical (unpaired) electrons. The fourth-order valence-electron chi connectivity index (χ4n) is 0.789. The Morgan fingerprint density at radius 1 is 1.50 bits per heavy atom. The predicted molar refractivity (Wildman–Crippen MR) is 53.6 cm³/mol. The van der Waals surface area contributed by atoms with E-state index in [1.165, 1.54) is 6.08 Å². The highest BCUT2D eigenvalue weighted by Gasteiger charge is 2.00. The third-order valence-electron chi connectivity index (χ3n) is 1.32. The van der Waals surface area contributed by atoms with Gasteiger partial charge in [-0.05, 0) is 6.07 Å². The maximum atomic E-state index is 8.36. The van der Waals surface area contributed by atoms with E-state index in [0.717, 1.165) is 10.0 Å². The van der Waals surface area contributed by atoms with Crippen molar-refractivity contribution in [1.82, 2.24) is 0 Å². The molecule has 0 N–H and O–H groups in total. The van der Waals surface area contributed by atoms with Crippen molar-refractivity contribution in [2.45, 2.75) is 0 Å². The summed E-state index contributed by atoms with van der Waals surface area (Å²) in [5.41, 5.74) is 0.834. The molecule has 0 aliphatic carbocycles. The van der Waals surface area contributed by atoms with Crippen molar-refractivity contribution < 1.29 is 0 Å². The predicted octanol–water partition coefficient (Wildman–Crippen LogP) is 3.55. The van der Waals surface area contributed by atoms with Gasteiger partial charge >= 0.3 is 0 Å². The van der Waals surface area contributed by atoms with E-state index in [4.69, 9.17) is 16.9 Å². The van der Waals surface area contributed by atoms with Crippen LogP contribution in [0.15, 0.2) is 34.8 Å². The SMILES string of the molecule is N#CC=C(Cl)c1ccccc1Br. The zero-order valence-electron chi connectivity index (χ0n) is 6.09. The largest absolute Gasteiger partial charge is 0.193 e. The van der Waals surface area contributed by atoms with Crippen LogP contribution in [-0.4, -0.2) is 0 Å². The molecule has 1 aromatic carbocycles. The second-order valence-electron chi connectivity index (χ2n) is 2.10. The molecule has 0 bridgehead atoms. The summed E-state index contributed by atoms with van der Waals surface area (Å²) >= 11 is 9.15. The number of hydrogen-bond acceptors (Lipinski definition) is 1. The van der Waals surface area contributed by atoms with Crippen molar-refractivity contribution in [2.75, 3.05) is 0 Å². The number of allylic oxidation sites excluding steroid dienone is 1. The Morgan fingerprint density at radius 3 is 2.75 bits per heavy atom. The Balaban J connectivity index is 3.13. The molecule has 0 saturated heterocycles. The topological polar surface area (TPSA) is 23.8 Å². The minimum atomic E-state index is 0.449. The van der Waals surface area contributed by atoms with Crippen molar-refractivity contribution in [3.05, 3.63) is 40.4 Å². The molecule has 1 aromatic rings. The van der Waals surface area contributed by atoms with Crippen molar-refractivity contribution in [1.29, 1.82) is 5.26 Å². The maximum absolute atomic E-state index is 8.36. The van der Waals surface area contributed by atoms with E-state index < -0.39 is 0 Å². The molecule has 0 aromatic heterocycles. The Labute approximate surface area is 84.4 Å². The van der Waals surface area contributed by atoms with Gasteiger partial charge in [0.25, 0.3) is 0 Å². The minimum absolute atomic E-state index is 0.449. The van der Waals surface area contributed by atoms with Crippen molar-refractivity contribution in [2.24, 2.45) is 0 Å². The van der Waals surface area contributed by atoms with E-state index in [0.29, 0.717) is 5.03 Å². The smallest absolute Gasteiger partial charge is 0.0927 e. The van der Waals surface area contributed by atoms with Crippen molar-refractivity contribution >= 4 is 32.6 Å². The average Bonchev–Trinajstić information content (AvgIpc) is 2.05. The van der Waals surface area contributed by atoms with E-state index in [-0.39, 0.29) is 0 Å². The van der Waals surface area contributed by atoms with Gasteiger partial charge in [-0.15, -0.1) is 0 Å². The van der Waals surface area contributed by atoms with Crippen molar-refractivity contribution in [3.63, 3.8) is 0 Å². The normalized spacial score (nSPS) is 10.9. The van der Waals surface area contributed by atoms with Crippen LogP contribution in [0.25, 0.3) is 5.03 Å². The first-order valence-electron chi connectivity index (χ1n) is 3.26. The molecule has 0 fully saturated rings. The highest BCUT2D eigenvalue weighted by Crippen LogP contribution is 2.26. The van der Waals surface area contributed by atoms with Crippen LogP contribution in [0.4, 0.5) is 0 Å². The Hall–Kier alpha value is -0.780. The lowest BCUT2D eigenvalue weighted by Crippen LogP contribution is -1.77. The monoisotopic (exact) mass is 241 g/mol. The zero-order chi connectivity index (χ0) is 8.97. The summed E-state index contributed by atoms with van der Waals surface area (Å²) in [6.07, 6.45) is 1.31. The molecule has 60 valence electrons. The van der Waals surface area contributed by atoms with Gasteiger partial charge in [-0.2, -0.15) is 5.26 Å². The van der Waals surface area contributed by atoms with Crippen LogP contribution in [0.1, 0.15) is 5.56 Å². The quantitative estimate of drug-likeness (QED) is 0.691. The van der Waals surface area contributed by atoms with E-state index in [2.05, 4.69) is 15.9 Å². The lowest BCUT2D eigenvalue weighted by Gasteiger charge is -1.99. The summed E-state index contributed by atoms with van der Waals surface area (Å²) in [6, 6.07) is 9.37. The molecular weight excluding hydrogens is 237 g/mol. The fourth-order valence-corrected chi connectivity index (χ4v) is 1.62. The fraction of sp³-hybridized carbons (Fsp3) is 0. The third-order valence-corrected chi connectivity index (χ3v) is 2.33. The lowest BCUT2D eigenvalue weighted by molar-refractivity contribution is 1.53. The molecule has 0 amide bonds. The number of nitrogens with zero attached hydrogens (tertiary/aromatic N) is 1. The highest BCUT2D eigenvalue weighted by atomic mass is 79.9. The standard InChI is InChI=1S/C9H5BrClN/c10-8-4-2-1-3-7(8)9(11)5-6-12/h1-5H. The summed E-state index contributed by atoms with van der Waals surface area (Å²) in [6.45, 7) is 0. The van der Waals surface area contributed by atoms with Crippen LogP contribution in [0.2, 0.25) is 0 Å². The molecule has 12 heavy (non-hydrogen) atoms. The van der Waals surface area contributed by atoms with E-state index in [9.17, 15) is 0 Å². The molecule has 0 atom stereocenters. The molecule has 0 saturated carbocycles. The number of benzene rings is 1. The van der Waals surface area contributed by atoms with E-state index >= 15 is 0 Å². The summed E-state index contributed by atoms with van der Waals surface area (Å²) < 4.78 is 0.890. The van der Waals surface area contributed by atoms with Crippen LogP contribution < -0.4 is 0 Å². The Bertz CT molecular complexity index is 352. The van der Waals surface area contributed by atoms with Gasteiger partial charge in [-0.3, -0.25) is 0 Å². The number of rotatable bonds is 1. The van der Waals surface area contributed by atoms with Crippen LogP contribution in [-0.2, 0) is 0 Å². The van der Waals surface area contributed by atoms with Crippen molar-refractivity contribution in [3.8, 4) is 6.07 Å². The van der Waals surface area contributed by atoms with Crippen LogP contribution in [0, 0.1) is 11.3 Å².